The number of carboxylic acids is 1. The number of carbonyl (C=O) groups is 2. The highest BCUT2D eigenvalue weighted by Gasteiger charge is 2.22. The van der Waals surface area contributed by atoms with Gasteiger partial charge in [-0.15, -0.1) is 0 Å². The fourth-order valence-electron chi connectivity index (χ4n) is 2.61. The van der Waals surface area contributed by atoms with Crippen LogP contribution in [0.25, 0.3) is 11.1 Å². The lowest BCUT2D eigenvalue weighted by molar-refractivity contribution is 0.0696. The van der Waals surface area contributed by atoms with Gasteiger partial charge in [0.25, 0.3) is 0 Å². The molecule has 0 aliphatic heterocycles. The maximum Gasteiger partial charge on any atom is 0.335 e. The molecule has 0 unspecified atom stereocenters. The highest BCUT2D eigenvalue weighted by molar-refractivity contribution is 7.89. The first-order valence-electron chi connectivity index (χ1n) is 7.86. The zero-order valence-electron chi connectivity index (χ0n) is 15.0. The van der Waals surface area contributed by atoms with Gasteiger partial charge in [0.15, 0.2) is 10.8 Å². The quantitative estimate of drug-likeness (QED) is 0.444. The predicted molar refractivity (Wildman–Crippen MR) is 101 cm³/mol. The standard InChI is InChI=1S/C19H19NO6S/c1-12-15(17(21)11-18(20(2)3)27(24,25)26)9-14(10-16(12)19(22)23)13-7-5-4-6-8-13/h4-11H,1-3H3,(H,22,23)(H,24,25,26). The molecule has 0 saturated carbocycles. The summed E-state index contributed by atoms with van der Waals surface area (Å²) in [4.78, 5) is 25.4. The van der Waals surface area contributed by atoms with E-state index in [9.17, 15) is 27.7 Å². The van der Waals surface area contributed by atoms with Crippen LogP contribution >= 0.6 is 0 Å². The summed E-state index contributed by atoms with van der Waals surface area (Å²) >= 11 is 0. The summed E-state index contributed by atoms with van der Waals surface area (Å²) in [5.41, 5.74) is 1.40. The summed E-state index contributed by atoms with van der Waals surface area (Å²) in [6.45, 7) is 1.47. The molecule has 7 nitrogen and oxygen atoms in total. The zero-order chi connectivity index (χ0) is 20.4. The second-order valence-electron chi connectivity index (χ2n) is 6.08. The van der Waals surface area contributed by atoms with Gasteiger partial charge in [0.1, 0.15) is 0 Å². The molecule has 0 fully saturated rings. The van der Waals surface area contributed by atoms with Gasteiger partial charge >= 0.3 is 16.1 Å². The van der Waals surface area contributed by atoms with Crippen molar-refractivity contribution >= 4 is 21.9 Å². The first-order valence-corrected chi connectivity index (χ1v) is 9.30. The number of allylic oxidation sites excluding steroid dienone is 1. The molecule has 27 heavy (non-hydrogen) atoms. The topological polar surface area (TPSA) is 112 Å². The third-order valence-corrected chi connectivity index (χ3v) is 4.98. The van der Waals surface area contributed by atoms with Crippen LogP contribution in [0, 0.1) is 6.92 Å². The minimum absolute atomic E-state index is 0.0387. The van der Waals surface area contributed by atoms with Crippen LogP contribution in [-0.4, -0.2) is 48.8 Å². The summed E-state index contributed by atoms with van der Waals surface area (Å²) in [6, 6.07) is 11.9. The number of rotatable bonds is 6. The lowest BCUT2D eigenvalue weighted by Crippen LogP contribution is -2.20. The number of carbonyl (C=O) groups excluding carboxylic acids is 1. The molecule has 0 spiro atoms. The van der Waals surface area contributed by atoms with E-state index in [0.717, 1.165) is 11.0 Å². The normalized spacial score (nSPS) is 11.9. The first-order chi connectivity index (χ1) is 12.5. The van der Waals surface area contributed by atoms with Gasteiger partial charge in [-0.3, -0.25) is 9.35 Å². The van der Waals surface area contributed by atoms with Crippen molar-refractivity contribution < 1.29 is 27.7 Å². The van der Waals surface area contributed by atoms with E-state index < -0.39 is 26.9 Å². The van der Waals surface area contributed by atoms with Crippen molar-refractivity contribution in [1.82, 2.24) is 4.90 Å². The number of benzene rings is 2. The molecule has 142 valence electrons. The van der Waals surface area contributed by atoms with E-state index in [4.69, 9.17) is 0 Å². The molecule has 0 aliphatic rings. The van der Waals surface area contributed by atoms with Crippen LogP contribution < -0.4 is 0 Å². The second-order valence-corrected chi connectivity index (χ2v) is 7.45. The number of carboxylic acid groups (broad SMARTS) is 1. The third kappa shape index (κ3) is 4.60. The van der Waals surface area contributed by atoms with Crippen molar-refractivity contribution in [3.63, 3.8) is 0 Å². The summed E-state index contributed by atoms with van der Waals surface area (Å²) in [7, 11) is -1.89. The Kier molecular flexibility index (Phi) is 5.82. The lowest BCUT2D eigenvalue weighted by Gasteiger charge is -2.15. The Bertz CT molecular complexity index is 1020. The smallest absolute Gasteiger partial charge is 0.335 e. The monoisotopic (exact) mass is 389 g/mol. The van der Waals surface area contributed by atoms with E-state index in [1.807, 2.05) is 0 Å². The number of nitrogens with zero attached hydrogens (tertiary/aromatic N) is 1. The minimum Gasteiger partial charge on any atom is -0.478 e. The zero-order valence-corrected chi connectivity index (χ0v) is 15.8. The van der Waals surface area contributed by atoms with Crippen molar-refractivity contribution in [2.75, 3.05) is 14.1 Å². The van der Waals surface area contributed by atoms with Crippen molar-refractivity contribution in [3.8, 4) is 11.1 Å². The van der Waals surface area contributed by atoms with Crippen molar-refractivity contribution in [2.24, 2.45) is 0 Å². The van der Waals surface area contributed by atoms with Gasteiger partial charge in [-0.05, 0) is 35.7 Å². The molecule has 0 heterocycles. The van der Waals surface area contributed by atoms with Crippen molar-refractivity contribution in [1.29, 1.82) is 0 Å². The summed E-state index contributed by atoms with van der Waals surface area (Å²) in [6.07, 6.45) is 0.776. The molecule has 0 amide bonds. The Labute approximate surface area is 157 Å². The molecule has 2 aromatic carbocycles. The minimum atomic E-state index is -4.62. The van der Waals surface area contributed by atoms with Crippen LogP contribution in [0.15, 0.2) is 53.6 Å². The SMILES string of the molecule is Cc1c(C(=O)O)cc(-c2ccccc2)cc1C(=O)C=C(N(C)C)S(=O)(=O)O. The van der Waals surface area contributed by atoms with E-state index >= 15 is 0 Å². The second kappa shape index (κ2) is 7.73. The van der Waals surface area contributed by atoms with E-state index in [0.29, 0.717) is 11.1 Å². The molecule has 2 rings (SSSR count). The van der Waals surface area contributed by atoms with Crippen LogP contribution in [0.2, 0.25) is 0 Å². The molecule has 0 atom stereocenters. The molecule has 0 saturated heterocycles. The Hall–Kier alpha value is -2.97. The van der Waals surface area contributed by atoms with E-state index in [-0.39, 0.29) is 16.7 Å². The summed E-state index contributed by atoms with van der Waals surface area (Å²) in [5.74, 6) is -1.93. The first kappa shape index (κ1) is 20.3. The number of hydrogen-bond acceptors (Lipinski definition) is 5. The maximum absolute atomic E-state index is 12.7. The van der Waals surface area contributed by atoms with Crippen LogP contribution in [0.3, 0.4) is 0 Å². The van der Waals surface area contributed by atoms with Gasteiger partial charge in [-0.1, -0.05) is 30.3 Å². The van der Waals surface area contributed by atoms with Gasteiger partial charge in [0.05, 0.1) is 5.56 Å². The highest BCUT2D eigenvalue weighted by Crippen LogP contribution is 2.27. The average Bonchev–Trinajstić information content (AvgIpc) is 2.58. The molecular weight excluding hydrogens is 370 g/mol. The summed E-state index contributed by atoms with van der Waals surface area (Å²) < 4.78 is 32.3. The molecule has 0 radical (unpaired) electrons. The molecule has 8 heteroatoms. The molecule has 0 aliphatic carbocycles. The van der Waals surface area contributed by atoms with Crippen LogP contribution in [0.1, 0.15) is 26.3 Å². The lowest BCUT2D eigenvalue weighted by atomic mass is 9.93. The third-order valence-electron chi connectivity index (χ3n) is 3.97. The Morgan fingerprint density at radius 1 is 1.00 bits per heavy atom. The van der Waals surface area contributed by atoms with E-state index in [2.05, 4.69) is 0 Å². The van der Waals surface area contributed by atoms with Crippen LogP contribution in [0.4, 0.5) is 0 Å². The summed E-state index contributed by atoms with van der Waals surface area (Å²) in [5, 5.41) is 8.88. The largest absolute Gasteiger partial charge is 0.478 e. The molecule has 0 bridgehead atoms. The number of aromatic carboxylic acids is 1. The van der Waals surface area contributed by atoms with Crippen molar-refractivity contribution in [2.45, 2.75) is 6.92 Å². The fraction of sp³-hybridized carbons (Fsp3) is 0.158. The van der Waals surface area contributed by atoms with Gasteiger partial charge in [0.2, 0.25) is 0 Å². The molecule has 2 aromatic rings. The Balaban J connectivity index is 2.70. The van der Waals surface area contributed by atoms with Gasteiger partial charge in [-0.25, -0.2) is 4.79 Å². The molecule has 2 N–H and O–H groups in total. The predicted octanol–water partition coefficient (Wildman–Crippen LogP) is 2.83. The van der Waals surface area contributed by atoms with Crippen LogP contribution in [0.5, 0.6) is 0 Å². The number of hydrogen-bond donors (Lipinski definition) is 2. The van der Waals surface area contributed by atoms with Gasteiger partial charge in [-0.2, -0.15) is 8.42 Å². The van der Waals surface area contributed by atoms with Crippen LogP contribution in [-0.2, 0) is 10.1 Å². The van der Waals surface area contributed by atoms with Gasteiger partial charge < -0.3 is 10.0 Å². The maximum atomic E-state index is 12.7. The van der Waals surface area contributed by atoms with E-state index in [1.165, 1.54) is 33.2 Å². The molecular formula is C19H19NO6S. The average molecular weight is 389 g/mol. The molecule has 0 aromatic heterocycles. The fourth-order valence-corrected chi connectivity index (χ4v) is 3.33. The van der Waals surface area contributed by atoms with E-state index in [1.54, 1.807) is 30.3 Å². The Morgan fingerprint density at radius 2 is 1.56 bits per heavy atom. The Morgan fingerprint density at radius 3 is 2.04 bits per heavy atom. The van der Waals surface area contributed by atoms with Crippen molar-refractivity contribution in [3.05, 3.63) is 70.3 Å². The highest BCUT2D eigenvalue weighted by atomic mass is 32.2. The number of ketones is 1. The van der Waals surface area contributed by atoms with Gasteiger partial charge in [0, 0.05) is 25.7 Å².